The zero-order valence-electron chi connectivity index (χ0n) is 18.7. The fourth-order valence-electron chi connectivity index (χ4n) is 3.84. The Morgan fingerprint density at radius 2 is 2.18 bits per heavy atom. The number of hydrogen-bond donors (Lipinski definition) is 3. The molecule has 1 saturated heterocycles. The number of aromatic nitrogens is 3. The van der Waals surface area contributed by atoms with Crippen molar-refractivity contribution in [2.24, 2.45) is 12.8 Å². The van der Waals surface area contributed by atoms with Crippen molar-refractivity contribution in [3.8, 4) is 16.3 Å². The lowest BCUT2D eigenvalue weighted by Gasteiger charge is -2.19. The molecule has 0 bridgehead atoms. The number of aryl methyl sites for hydroxylation is 1. The van der Waals surface area contributed by atoms with Gasteiger partial charge in [0.1, 0.15) is 28.8 Å². The van der Waals surface area contributed by atoms with E-state index < -0.39 is 36.2 Å². The average molecular weight is 498 g/mol. The van der Waals surface area contributed by atoms with Crippen LogP contribution in [0.2, 0.25) is 0 Å². The number of rotatable bonds is 7. The van der Waals surface area contributed by atoms with Crippen LogP contribution in [0.5, 0.6) is 5.75 Å². The second-order valence-corrected chi connectivity index (χ2v) is 8.80. The fourth-order valence-corrected chi connectivity index (χ4v) is 4.72. The van der Waals surface area contributed by atoms with Crippen LogP contribution in [-0.4, -0.2) is 45.3 Å². The molecule has 184 valence electrons. The van der Waals surface area contributed by atoms with Gasteiger partial charge in [-0.3, -0.25) is 4.68 Å². The Bertz CT molecular complexity index is 1130. The van der Waals surface area contributed by atoms with Crippen LogP contribution < -0.4 is 15.8 Å². The lowest BCUT2D eigenvalue weighted by Crippen LogP contribution is -2.32. The van der Waals surface area contributed by atoms with E-state index in [1.165, 1.54) is 17.6 Å². The lowest BCUT2D eigenvalue weighted by atomic mass is 10.0. The molecule has 1 fully saturated rings. The molecule has 4 rings (SSSR count). The number of thiazole rings is 1. The van der Waals surface area contributed by atoms with Crippen molar-refractivity contribution >= 4 is 17.0 Å². The molecular formula is C22H26F3N5O3S. The fraction of sp³-hybridized carbons (Fsp3) is 0.455. The zero-order chi connectivity index (χ0) is 24.4. The van der Waals surface area contributed by atoms with E-state index >= 15 is 0 Å². The third kappa shape index (κ3) is 4.90. The van der Waals surface area contributed by atoms with E-state index in [0.717, 1.165) is 17.4 Å². The molecule has 1 aromatic carbocycles. The Balaban J connectivity index is 1.55. The van der Waals surface area contributed by atoms with Crippen LogP contribution in [0.15, 0.2) is 23.7 Å². The maximum Gasteiger partial charge on any atom is 0.178 e. The standard InChI is InChI=1S/C22H26F3N5O3S/c1-3-32-16-6-4-11(23)18(19(16)25)22-29-15(10-34-22)21(31)28-14-8-27-30(2)20(14)17-7-5-13(26)12(24)9-33-17/h4,6,8,10,12-13,17,21,28,31H,3,5,7,9,26H2,1-2H3/t12-,13-,17+,21?/m1/s1. The molecule has 1 aliphatic rings. The van der Waals surface area contributed by atoms with Gasteiger partial charge in [0.15, 0.2) is 17.8 Å². The summed E-state index contributed by atoms with van der Waals surface area (Å²) in [7, 11) is 1.71. The number of ether oxygens (including phenoxy) is 2. The first-order valence-corrected chi connectivity index (χ1v) is 11.7. The second-order valence-electron chi connectivity index (χ2n) is 7.94. The molecule has 34 heavy (non-hydrogen) atoms. The van der Waals surface area contributed by atoms with E-state index in [-0.39, 0.29) is 35.2 Å². The molecule has 2 aromatic heterocycles. The number of aliphatic hydroxyl groups excluding tert-OH is 1. The van der Waals surface area contributed by atoms with Gasteiger partial charge in [0.2, 0.25) is 0 Å². The highest BCUT2D eigenvalue weighted by molar-refractivity contribution is 7.13. The van der Waals surface area contributed by atoms with Crippen molar-refractivity contribution in [2.75, 3.05) is 18.5 Å². The first kappa shape index (κ1) is 24.5. The highest BCUT2D eigenvalue weighted by Crippen LogP contribution is 2.36. The van der Waals surface area contributed by atoms with Gasteiger partial charge < -0.3 is 25.6 Å². The highest BCUT2D eigenvalue weighted by Gasteiger charge is 2.30. The third-order valence-electron chi connectivity index (χ3n) is 5.64. The van der Waals surface area contributed by atoms with Gasteiger partial charge in [-0.05, 0) is 31.9 Å². The molecular weight excluding hydrogens is 471 g/mol. The number of benzene rings is 1. The summed E-state index contributed by atoms with van der Waals surface area (Å²) in [5.74, 6) is -1.71. The number of nitrogens with one attached hydrogen (secondary N) is 1. The first-order chi connectivity index (χ1) is 16.3. The number of alkyl halides is 1. The van der Waals surface area contributed by atoms with Crippen LogP contribution in [0.3, 0.4) is 0 Å². The Labute approximate surface area is 198 Å². The monoisotopic (exact) mass is 497 g/mol. The Morgan fingerprint density at radius 1 is 1.38 bits per heavy atom. The molecule has 0 amide bonds. The van der Waals surface area contributed by atoms with Crippen LogP contribution in [0, 0.1) is 11.6 Å². The summed E-state index contributed by atoms with van der Waals surface area (Å²) in [4.78, 5) is 4.23. The summed E-state index contributed by atoms with van der Waals surface area (Å²) in [5, 5.41) is 19.4. The first-order valence-electron chi connectivity index (χ1n) is 10.8. The van der Waals surface area contributed by atoms with E-state index in [0.29, 0.717) is 24.2 Å². The summed E-state index contributed by atoms with van der Waals surface area (Å²) >= 11 is 0.990. The van der Waals surface area contributed by atoms with Crippen LogP contribution in [0.1, 0.15) is 43.5 Å². The smallest absolute Gasteiger partial charge is 0.178 e. The highest BCUT2D eigenvalue weighted by atomic mass is 32.1. The molecule has 3 aromatic rings. The molecule has 12 heteroatoms. The van der Waals surface area contributed by atoms with Crippen LogP contribution >= 0.6 is 11.3 Å². The third-order valence-corrected chi connectivity index (χ3v) is 6.51. The van der Waals surface area contributed by atoms with Gasteiger partial charge in [0, 0.05) is 18.5 Å². The van der Waals surface area contributed by atoms with Crippen molar-refractivity contribution in [3.05, 3.63) is 46.7 Å². The van der Waals surface area contributed by atoms with Crippen molar-refractivity contribution < 1.29 is 27.8 Å². The molecule has 0 spiro atoms. The lowest BCUT2D eigenvalue weighted by molar-refractivity contribution is 0.0246. The van der Waals surface area contributed by atoms with Gasteiger partial charge in [-0.2, -0.15) is 5.10 Å². The summed E-state index contributed by atoms with van der Waals surface area (Å²) < 4.78 is 55.6. The normalized spacial score (nSPS) is 21.8. The molecule has 3 heterocycles. The number of nitrogens with two attached hydrogens (primary N) is 1. The van der Waals surface area contributed by atoms with Gasteiger partial charge >= 0.3 is 0 Å². The zero-order valence-corrected chi connectivity index (χ0v) is 19.5. The van der Waals surface area contributed by atoms with Crippen LogP contribution in [0.25, 0.3) is 10.6 Å². The minimum absolute atomic E-state index is 0.0638. The average Bonchev–Trinajstić information content (AvgIpc) is 3.39. The molecule has 0 radical (unpaired) electrons. The van der Waals surface area contributed by atoms with Crippen LogP contribution in [0.4, 0.5) is 18.9 Å². The molecule has 4 atom stereocenters. The largest absolute Gasteiger partial charge is 0.491 e. The summed E-state index contributed by atoms with van der Waals surface area (Å²) in [6.07, 6.45) is -0.581. The van der Waals surface area contributed by atoms with Gasteiger partial charge in [0.25, 0.3) is 0 Å². The maximum atomic E-state index is 14.8. The number of nitrogens with zero attached hydrogens (tertiary/aromatic N) is 3. The summed E-state index contributed by atoms with van der Waals surface area (Å²) in [6.45, 7) is 1.79. The van der Waals surface area contributed by atoms with Crippen LogP contribution in [-0.2, 0) is 11.8 Å². The van der Waals surface area contributed by atoms with Crippen molar-refractivity contribution in [1.82, 2.24) is 14.8 Å². The van der Waals surface area contributed by atoms with Gasteiger partial charge in [-0.1, -0.05) is 0 Å². The van der Waals surface area contributed by atoms with E-state index in [2.05, 4.69) is 15.4 Å². The minimum atomic E-state index is -1.30. The topological polar surface area (TPSA) is 107 Å². The van der Waals surface area contributed by atoms with Crippen molar-refractivity contribution in [1.29, 1.82) is 0 Å². The number of hydrogen-bond acceptors (Lipinski definition) is 8. The number of aliphatic hydroxyl groups is 1. The second kappa shape index (κ2) is 10.3. The minimum Gasteiger partial charge on any atom is -0.491 e. The molecule has 1 unspecified atom stereocenters. The Kier molecular flexibility index (Phi) is 7.41. The van der Waals surface area contributed by atoms with Gasteiger partial charge in [0.05, 0.1) is 36.4 Å². The molecule has 4 N–H and O–H groups in total. The predicted octanol–water partition coefficient (Wildman–Crippen LogP) is 3.84. The van der Waals surface area contributed by atoms with Gasteiger partial charge in [-0.15, -0.1) is 11.3 Å². The van der Waals surface area contributed by atoms with E-state index in [4.69, 9.17) is 15.2 Å². The Hall–Kier alpha value is -2.67. The molecule has 0 saturated carbocycles. The Morgan fingerprint density at radius 3 is 2.94 bits per heavy atom. The van der Waals surface area contributed by atoms with E-state index in [9.17, 15) is 18.3 Å². The van der Waals surface area contributed by atoms with Crippen molar-refractivity contribution in [2.45, 2.75) is 44.3 Å². The molecule has 8 nitrogen and oxygen atoms in total. The SMILES string of the molecule is CCOc1ccc(F)c(-c2nc(C(O)Nc3cnn(C)c3[C@@H]3CC[C@@H](N)[C@H](F)CO3)cs2)c1F. The summed E-state index contributed by atoms with van der Waals surface area (Å²) in [6, 6.07) is 1.73. The van der Waals surface area contributed by atoms with E-state index in [1.807, 2.05) is 0 Å². The van der Waals surface area contributed by atoms with Gasteiger partial charge in [-0.25, -0.2) is 18.2 Å². The summed E-state index contributed by atoms with van der Waals surface area (Å²) in [5.41, 5.74) is 6.76. The molecule has 1 aliphatic heterocycles. The molecule has 0 aliphatic carbocycles. The van der Waals surface area contributed by atoms with E-state index in [1.54, 1.807) is 18.7 Å². The quantitative estimate of drug-likeness (QED) is 0.426. The predicted molar refractivity (Wildman–Crippen MR) is 121 cm³/mol. The maximum absolute atomic E-state index is 14.8. The number of halogens is 3. The number of anilines is 1. The van der Waals surface area contributed by atoms with Crippen molar-refractivity contribution in [3.63, 3.8) is 0 Å².